The van der Waals surface area contributed by atoms with E-state index in [0.29, 0.717) is 6.42 Å². The molecule has 1 heterocycles. The molecular formula is C14H21N3O4. The van der Waals surface area contributed by atoms with Gasteiger partial charge in [-0.25, -0.2) is 9.69 Å². The molecule has 1 N–H and O–H groups in total. The SMILES string of the molecule is CCCCN1C(=O)C(=O)N(CC(=O)NC2CCCC2)C1=O. The molecule has 21 heavy (non-hydrogen) atoms. The molecule has 0 aromatic heterocycles. The number of rotatable bonds is 6. The van der Waals surface area contributed by atoms with Crippen LogP contribution in [0.5, 0.6) is 0 Å². The van der Waals surface area contributed by atoms with Gasteiger partial charge in [0, 0.05) is 12.6 Å². The van der Waals surface area contributed by atoms with E-state index in [9.17, 15) is 19.2 Å². The highest BCUT2D eigenvalue weighted by molar-refractivity contribution is 6.45. The number of imide groups is 2. The fourth-order valence-electron chi connectivity index (χ4n) is 2.69. The molecule has 2 rings (SSSR count). The predicted molar refractivity (Wildman–Crippen MR) is 74.1 cm³/mol. The number of nitrogens with one attached hydrogen (secondary N) is 1. The van der Waals surface area contributed by atoms with Gasteiger partial charge in [0.2, 0.25) is 5.91 Å². The van der Waals surface area contributed by atoms with Gasteiger partial charge < -0.3 is 5.32 Å². The van der Waals surface area contributed by atoms with Crippen LogP contribution in [0.4, 0.5) is 4.79 Å². The molecule has 0 aromatic rings. The Labute approximate surface area is 123 Å². The van der Waals surface area contributed by atoms with Crippen molar-refractivity contribution in [3.8, 4) is 0 Å². The third kappa shape index (κ3) is 3.40. The molecule has 1 saturated heterocycles. The first-order valence-electron chi connectivity index (χ1n) is 7.51. The zero-order valence-electron chi connectivity index (χ0n) is 12.3. The summed E-state index contributed by atoms with van der Waals surface area (Å²) in [5.74, 6) is -2.12. The summed E-state index contributed by atoms with van der Waals surface area (Å²) in [6.45, 7) is 1.78. The summed E-state index contributed by atoms with van der Waals surface area (Å²) in [7, 11) is 0. The Morgan fingerprint density at radius 2 is 1.76 bits per heavy atom. The maximum absolute atomic E-state index is 12.0. The number of unbranched alkanes of at least 4 members (excludes halogenated alkanes) is 1. The van der Waals surface area contributed by atoms with E-state index in [1.165, 1.54) is 0 Å². The largest absolute Gasteiger partial charge is 0.352 e. The van der Waals surface area contributed by atoms with Gasteiger partial charge in [0.05, 0.1) is 0 Å². The highest BCUT2D eigenvalue weighted by Gasteiger charge is 2.44. The Hall–Kier alpha value is -1.92. The Bertz CT molecular complexity index is 457. The first-order valence-corrected chi connectivity index (χ1v) is 7.51. The number of carbonyl (C=O) groups excluding carboxylic acids is 4. The quantitative estimate of drug-likeness (QED) is 0.575. The van der Waals surface area contributed by atoms with Crippen LogP contribution < -0.4 is 5.32 Å². The van der Waals surface area contributed by atoms with Gasteiger partial charge in [-0.2, -0.15) is 0 Å². The van der Waals surface area contributed by atoms with Gasteiger partial charge in [-0.15, -0.1) is 0 Å². The van der Waals surface area contributed by atoms with E-state index in [1.54, 1.807) is 0 Å². The maximum atomic E-state index is 12.0. The third-order valence-electron chi connectivity index (χ3n) is 3.89. The smallest absolute Gasteiger partial charge is 0.334 e. The summed E-state index contributed by atoms with van der Waals surface area (Å²) in [5.41, 5.74) is 0. The van der Waals surface area contributed by atoms with Crippen LogP contribution in [0.25, 0.3) is 0 Å². The second-order valence-corrected chi connectivity index (χ2v) is 5.53. The first-order chi connectivity index (χ1) is 10.0. The van der Waals surface area contributed by atoms with E-state index in [0.717, 1.165) is 41.9 Å². The van der Waals surface area contributed by atoms with Crippen LogP contribution in [-0.4, -0.2) is 52.7 Å². The van der Waals surface area contributed by atoms with Crippen molar-refractivity contribution in [2.45, 2.75) is 51.5 Å². The Morgan fingerprint density at radius 3 is 2.38 bits per heavy atom. The molecule has 1 saturated carbocycles. The number of nitrogens with zero attached hydrogens (tertiary/aromatic N) is 2. The third-order valence-corrected chi connectivity index (χ3v) is 3.89. The van der Waals surface area contributed by atoms with Crippen LogP contribution in [0.15, 0.2) is 0 Å². The highest BCUT2D eigenvalue weighted by Crippen LogP contribution is 2.18. The molecule has 0 spiro atoms. The lowest BCUT2D eigenvalue weighted by atomic mass is 10.2. The fraction of sp³-hybridized carbons (Fsp3) is 0.714. The number of urea groups is 1. The monoisotopic (exact) mass is 295 g/mol. The topological polar surface area (TPSA) is 86.8 Å². The Kier molecular flexibility index (Phi) is 4.93. The summed E-state index contributed by atoms with van der Waals surface area (Å²) in [4.78, 5) is 49.1. The molecule has 0 radical (unpaired) electrons. The standard InChI is InChI=1S/C14H21N3O4/c1-2-3-8-16-12(19)13(20)17(14(16)21)9-11(18)15-10-6-4-5-7-10/h10H,2-9H2,1H3,(H,15,18). The van der Waals surface area contributed by atoms with Crippen LogP contribution >= 0.6 is 0 Å². The molecule has 7 nitrogen and oxygen atoms in total. The van der Waals surface area contributed by atoms with Gasteiger partial charge in [-0.1, -0.05) is 26.2 Å². The zero-order chi connectivity index (χ0) is 15.4. The van der Waals surface area contributed by atoms with Crippen LogP contribution in [-0.2, 0) is 14.4 Å². The summed E-state index contributed by atoms with van der Waals surface area (Å²) in [5, 5.41) is 2.80. The molecule has 1 aliphatic carbocycles. The van der Waals surface area contributed by atoms with E-state index < -0.39 is 17.8 Å². The van der Waals surface area contributed by atoms with Gasteiger partial charge in [0.15, 0.2) is 0 Å². The van der Waals surface area contributed by atoms with Crippen molar-refractivity contribution in [1.82, 2.24) is 15.1 Å². The average Bonchev–Trinajstić information content (AvgIpc) is 3.02. The van der Waals surface area contributed by atoms with Gasteiger partial charge >= 0.3 is 17.8 Å². The maximum Gasteiger partial charge on any atom is 0.334 e. The minimum absolute atomic E-state index is 0.122. The van der Waals surface area contributed by atoms with Crippen LogP contribution in [0.2, 0.25) is 0 Å². The van der Waals surface area contributed by atoms with E-state index in [-0.39, 0.29) is 25.0 Å². The molecule has 0 atom stereocenters. The highest BCUT2D eigenvalue weighted by atomic mass is 16.2. The summed E-state index contributed by atoms with van der Waals surface area (Å²) in [6, 6.07) is -0.558. The number of amides is 5. The Morgan fingerprint density at radius 1 is 1.14 bits per heavy atom. The van der Waals surface area contributed by atoms with Crippen LogP contribution in [0.1, 0.15) is 45.4 Å². The average molecular weight is 295 g/mol. The molecule has 2 fully saturated rings. The molecule has 0 bridgehead atoms. The number of hydrogen-bond acceptors (Lipinski definition) is 4. The molecule has 116 valence electrons. The van der Waals surface area contributed by atoms with Crippen molar-refractivity contribution in [3.63, 3.8) is 0 Å². The van der Waals surface area contributed by atoms with Gasteiger partial charge in [-0.05, 0) is 19.3 Å². The number of hydrogen-bond donors (Lipinski definition) is 1. The molecule has 0 unspecified atom stereocenters. The molecule has 5 amide bonds. The second-order valence-electron chi connectivity index (χ2n) is 5.53. The second kappa shape index (κ2) is 6.69. The minimum atomic E-state index is -0.905. The summed E-state index contributed by atoms with van der Waals surface area (Å²) < 4.78 is 0. The zero-order valence-corrected chi connectivity index (χ0v) is 12.3. The summed E-state index contributed by atoms with van der Waals surface area (Å²) in [6.07, 6.45) is 5.47. The normalized spacial score (nSPS) is 19.8. The summed E-state index contributed by atoms with van der Waals surface area (Å²) >= 11 is 0. The van der Waals surface area contributed by atoms with Gasteiger partial charge in [-0.3, -0.25) is 19.3 Å². The number of carbonyl (C=O) groups is 4. The first kappa shape index (κ1) is 15.5. The molecule has 0 aromatic carbocycles. The van der Waals surface area contributed by atoms with Crippen LogP contribution in [0, 0.1) is 0 Å². The van der Waals surface area contributed by atoms with Crippen molar-refractivity contribution in [2.75, 3.05) is 13.1 Å². The molecule has 2 aliphatic rings. The minimum Gasteiger partial charge on any atom is -0.352 e. The van der Waals surface area contributed by atoms with Crippen molar-refractivity contribution in [2.24, 2.45) is 0 Å². The van der Waals surface area contributed by atoms with E-state index in [1.807, 2.05) is 6.92 Å². The van der Waals surface area contributed by atoms with Crippen molar-refractivity contribution >= 4 is 23.8 Å². The predicted octanol–water partition coefficient (Wildman–Crippen LogP) is 0.636. The van der Waals surface area contributed by atoms with Crippen LogP contribution in [0.3, 0.4) is 0 Å². The fourth-order valence-corrected chi connectivity index (χ4v) is 2.69. The molecule has 7 heteroatoms. The van der Waals surface area contributed by atoms with Crippen molar-refractivity contribution in [3.05, 3.63) is 0 Å². The van der Waals surface area contributed by atoms with E-state index in [4.69, 9.17) is 0 Å². The van der Waals surface area contributed by atoms with Gasteiger partial charge in [0.25, 0.3) is 0 Å². The lowest BCUT2D eigenvalue weighted by Gasteiger charge is -2.17. The molecule has 1 aliphatic heterocycles. The Balaban J connectivity index is 1.92. The lowest BCUT2D eigenvalue weighted by molar-refractivity contribution is -0.144. The molecular weight excluding hydrogens is 274 g/mol. The van der Waals surface area contributed by atoms with Crippen molar-refractivity contribution < 1.29 is 19.2 Å². The van der Waals surface area contributed by atoms with Gasteiger partial charge in [0.1, 0.15) is 6.54 Å². The van der Waals surface area contributed by atoms with E-state index >= 15 is 0 Å². The van der Waals surface area contributed by atoms with E-state index in [2.05, 4.69) is 5.32 Å². The lowest BCUT2D eigenvalue weighted by Crippen LogP contribution is -2.44. The van der Waals surface area contributed by atoms with Crippen molar-refractivity contribution in [1.29, 1.82) is 0 Å².